The summed E-state index contributed by atoms with van der Waals surface area (Å²) in [5, 5.41) is 4.78. The third kappa shape index (κ3) is 7.12. The van der Waals surface area contributed by atoms with Crippen molar-refractivity contribution in [1.82, 2.24) is 4.90 Å². The number of nitrogens with zero attached hydrogens (tertiary/aromatic N) is 1. The first-order valence-electron chi connectivity index (χ1n) is 10.4. The minimum Gasteiger partial charge on any atom is -0.465 e. The largest absolute Gasteiger partial charge is 0.465 e. The number of unbranched alkanes of at least 4 members (excludes halogenated alkanes) is 4. The molecule has 29 heavy (non-hydrogen) atoms. The zero-order valence-electron chi connectivity index (χ0n) is 17.7. The smallest absolute Gasteiger partial charge is 0.340 e. The van der Waals surface area contributed by atoms with E-state index in [0.717, 1.165) is 41.4 Å². The number of anilines is 1. The van der Waals surface area contributed by atoms with Crippen LogP contribution in [0, 0.1) is 0 Å². The zero-order chi connectivity index (χ0) is 21.1. The van der Waals surface area contributed by atoms with Crippen LogP contribution in [0.5, 0.6) is 0 Å². The van der Waals surface area contributed by atoms with Crippen molar-refractivity contribution in [1.29, 1.82) is 0 Å². The van der Waals surface area contributed by atoms with Gasteiger partial charge in [0.2, 0.25) is 0 Å². The Morgan fingerprint density at radius 1 is 1.07 bits per heavy atom. The fraction of sp³-hybridized carbons (Fsp3) is 0.478. The van der Waals surface area contributed by atoms with Gasteiger partial charge in [-0.3, -0.25) is 0 Å². The summed E-state index contributed by atoms with van der Waals surface area (Å²) >= 11 is 7.27. The molecule has 0 radical (unpaired) electrons. The molecule has 1 aromatic heterocycles. The first-order valence-corrected chi connectivity index (χ1v) is 11.7. The van der Waals surface area contributed by atoms with Gasteiger partial charge in [-0.05, 0) is 36.7 Å². The predicted molar refractivity (Wildman–Crippen MR) is 128 cm³/mol. The summed E-state index contributed by atoms with van der Waals surface area (Å²) in [4.78, 5) is 15.6. The van der Waals surface area contributed by atoms with Crippen molar-refractivity contribution in [3.05, 3.63) is 42.0 Å². The molecule has 1 N–H and O–H groups in total. The van der Waals surface area contributed by atoms with Gasteiger partial charge in [0.15, 0.2) is 5.11 Å². The topological polar surface area (TPSA) is 41.6 Å². The van der Waals surface area contributed by atoms with E-state index in [4.69, 9.17) is 17.0 Å². The van der Waals surface area contributed by atoms with Gasteiger partial charge in [-0.2, -0.15) is 0 Å². The molecule has 0 saturated carbocycles. The normalized spacial score (nSPS) is 10.6. The van der Waals surface area contributed by atoms with Crippen LogP contribution in [0.3, 0.4) is 0 Å². The van der Waals surface area contributed by atoms with E-state index in [-0.39, 0.29) is 5.97 Å². The van der Waals surface area contributed by atoms with Crippen LogP contribution in [0.1, 0.15) is 62.7 Å². The van der Waals surface area contributed by atoms with Gasteiger partial charge in [0, 0.05) is 18.0 Å². The molecule has 0 unspecified atom stereocenters. The maximum atomic E-state index is 12.3. The average Bonchev–Trinajstić information content (AvgIpc) is 3.16. The molecule has 0 aliphatic heterocycles. The Hall–Kier alpha value is -1.92. The van der Waals surface area contributed by atoms with Gasteiger partial charge in [-0.25, -0.2) is 4.79 Å². The second-order valence-corrected chi connectivity index (χ2v) is 8.48. The minimum absolute atomic E-state index is 0.350. The third-order valence-corrected chi connectivity index (χ3v) is 6.23. The van der Waals surface area contributed by atoms with Crippen molar-refractivity contribution in [2.75, 3.05) is 25.5 Å². The number of thiophene rings is 1. The molecule has 0 saturated heterocycles. The lowest BCUT2D eigenvalue weighted by atomic mass is 10.1. The van der Waals surface area contributed by atoms with Crippen LogP contribution in [-0.4, -0.2) is 36.2 Å². The number of benzene rings is 1. The maximum Gasteiger partial charge on any atom is 0.340 e. The molecule has 2 aromatic rings. The highest BCUT2D eigenvalue weighted by atomic mass is 32.1. The summed E-state index contributed by atoms with van der Waals surface area (Å²) < 4.78 is 5.00. The molecule has 158 valence electrons. The highest BCUT2D eigenvalue weighted by molar-refractivity contribution is 7.80. The van der Waals surface area contributed by atoms with Crippen LogP contribution >= 0.6 is 23.6 Å². The summed E-state index contributed by atoms with van der Waals surface area (Å²) in [6.45, 7) is 6.29. The van der Waals surface area contributed by atoms with Crippen LogP contribution in [0.2, 0.25) is 0 Å². The fourth-order valence-corrected chi connectivity index (χ4v) is 4.49. The molecule has 0 spiro atoms. The Labute approximate surface area is 184 Å². The van der Waals surface area contributed by atoms with Gasteiger partial charge < -0.3 is 15.0 Å². The molecule has 0 bridgehead atoms. The van der Waals surface area contributed by atoms with Gasteiger partial charge in [-0.1, -0.05) is 69.9 Å². The van der Waals surface area contributed by atoms with E-state index >= 15 is 0 Å². The Morgan fingerprint density at radius 2 is 1.69 bits per heavy atom. The number of hydrogen-bond donors (Lipinski definition) is 1. The lowest BCUT2D eigenvalue weighted by Crippen LogP contribution is -2.36. The average molecular weight is 433 g/mol. The van der Waals surface area contributed by atoms with Gasteiger partial charge in [0.25, 0.3) is 0 Å². The Balaban J connectivity index is 2.20. The van der Waals surface area contributed by atoms with E-state index in [2.05, 4.69) is 24.1 Å². The second-order valence-electron chi connectivity index (χ2n) is 7.04. The first kappa shape index (κ1) is 23.4. The number of ether oxygens (including phenoxy) is 1. The first-order chi connectivity index (χ1) is 14.1. The molecule has 0 aliphatic carbocycles. The molecule has 1 aromatic carbocycles. The fourth-order valence-electron chi connectivity index (χ4n) is 3.09. The molecular formula is C23H32N2O2S2. The lowest BCUT2D eigenvalue weighted by molar-refractivity contribution is 0.0602. The number of carbonyl (C=O) groups excluding carboxylic acids is 1. The van der Waals surface area contributed by atoms with E-state index in [0.29, 0.717) is 10.7 Å². The van der Waals surface area contributed by atoms with Gasteiger partial charge in [0.05, 0.1) is 12.7 Å². The monoisotopic (exact) mass is 432 g/mol. The molecule has 0 atom stereocenters. The van der Waals surface area contributed by atoms with Crippen molar-refractivity contribution in [2.45, 2.75) is 52.4 Å². The van der Waals surface area contributed by atoms with E-state index in [9.17, 15) is 4.79 Å². The Kier molecular flexibility index (Phi) is 10.2. The summed E-state index contributed by atoms with van der Waals surface area (Å²) in [5.74, 6) is -0.350. The van der Waals surface area contributed by atoms with Crippen LogP contribution in [0.4, 0.5) is 5.00 Å². The number of hydrogen-bond acceptors (Lipinski definition) is 4. The molecule has 1 heterocycles. The second kappa shape index (κ2) is 12.6. The van der Waals surface area contributed by atoms with Crippen molar-refractivity contribution in [3.8, 4) is 10.4 Å². The molecule has 4 nitrogen and oxygen atoms in total. The summed E-state index contributed by atoms with van der Waals surface area (Å²) in [5.41, 5.74) is 1.60. The maximum absolute atomic E-state index is 12.3. The molecule has 6 heteroatoms. The van der Waals surface area contributed by atoms with Crippen molar-refractivity contribution in [3.63, 3.8) is 0 Å². The van der Waals surface area contributed by atoms with Crippen LogP contribution in [0.15, 0.2) is 36.4 Å². The van der Waals surface area contributed by atoms with Gasteiger partial charge in [0.1, 0.15) is 5.00 Å². The summed E-state index contributed by atoms with van der Waals surface area (Å²) in [6, 6.07) is 11.9. The lowest BCUT2D eigenvalue weighted by Gasteiger charge is -2.26. The number of carbonyl (C=O) groups is 1. The van der Waals surface area contributed by atoms with E-state index in [1.54, 1.807) is 0 Å². The van der Waals surface area contributed by atoms with E-state index < -0.39 is 0 Å². The standard InChI is InChI=1S/C23H32N2O2S2/c1-4-6-11-15-25(16-12-7-5-2)23(28)24-21-19(22(26)27-3)17-20(29-21)18-13-9-8-10-14-18/h8-10,13-14,17H,4-7,11-12,15-16H2,1-3H3,(H,24,28). The minimum atomic E-state index is -0.350. The Bertz CT molecular complexity index is 764. The number of nitrogens with one attached hydrogen (secondary N) is 1. The predicted octanol–water partition coefficient (Wildman–Crippen LogP) is 6.58. The highest BCUT2D eigenvalue weighted by Crippen LogP contribution is 2.36. The number of methoxy groups -OCH3 is 1. The van der Waals surface area contributed by atoms with Crippen molar-refractivity contribution in [2.24, 2.45) is 0 Å². The number of thiocarbonyl (C=S) groups is 1. The van der Waals surface area contributed by atoms with Crippen LogP contribution < -0.4 is 5.32 Å². The number of esters is 1. The molecule has 0 aliphatic rings. The van der Waals surface area contributed by atoms with Crippen molar-refractivity contribution < 1.29 is 9.53 Å². The van der Waals surface area contributed by atoms with Gasteiger partial charge in [-0.15, -0.1) is 11.3 Å². The molecule has 0 amide bonds. The zero-order valence-corrected chi connectivity index (χ0v) is 19.3. The van der Waals surface area contributed by atoms with E-state index in [1.807, 2.05) is 36.4 Å². The van der Waals surface area contributed by atoms with Crippen molar-refractivity contribution >= 4 is 39.6 Å². The molecule has 2 rings (SSSR count). The van der Waals surface area contributed by atoms with Gasteiger partial charge >= 0.3 is 5.97 Å². The molecule has 0 fully saturated rings. The SMILES string of the molecule is CCCCCN(CCCCC)C(=S)Nc1sc(-c2ccccc2)cc1C(=O)OC. The Morgan fingerprint density at radius 3 is 2.24 bits per heavy atom. The quantitative estimate of drug-likeness (QED) is 0.247. The van der Waals surface area contributed by atoms with Crippen LogP contribution in [-0.2, 0) is 4.74 Å². The highest BCUT2D eigenvalue weighted by Gasteiger charge is 2.20. The number of rotatable bonds is 11. The molecular weight excluding hydrogens is 400 g/mol. The van der Waals surface area contributed by atoms with E-state index in [1.165, 1.54) is 44.1 Å². The summed E-state index contributed by atoms with van der Waals surface area (Å²) in [6.07, 6.45) is 6.98. The van der Waals surface area contributed by atoms with Crippen LogP contribution in [0.25, 0.3) is 10.4 Å². The summed E-state index contributed by atoms with van der Waals surface area (Å²) in [7, 11) is 1.41. The third-order valence-electron chi connectivity index (χ3n) is 4.77.